The molecule has 5 rings (SSSR count). The molecule has 3 aliphatic heterocycles. The Morgan fingerprint density at radius 2 is 1.52 bits per heavy atom. The number of phenolic OH excluding ortho intramolecular Hbond substituents is 3. The van der Waals surface area contributed by atoms with Crippen molar-refractivity contribution < 1.29 is 93.8 Å². The first-order valence-corrected chi connectivity index (χ1v) is 17.0. The van der Waals surface area contributed by atoms with E-state index in [9.17, 15) is 55.9 Å². The molecule has 19 nitrogen and oxygen atoms in total. The molecule has 3 aliphatic rings. The van der Waals surface area contributed by atoms with Gasteiger partial charge in [0.25, 0.3) is 0 Å². The Labute approximate surface area is 308 Å². The Balaban J connectivity index is 1.41. The molecule has 3 saturated heterocycles. The number of aliphatic hydroxyl groups excluding tert-OH is 7. The summed E-state index contributed by atoms with van der Waals surface area (Å²) in [6, 6.07) is 8.44. The predicted molar refractivity (Wildman–Crippen MR) is 179 cm³/mol. The summed E-state index contributed by atoms with van der Waals surface area (Å²) in [6.07, 6.45) is -19.8. The van der Waals surface area contributed by atoms with Gasteiger partial charge in [-0.3, -0.25) is 0 Å². The fourth-order valence-corrected chi connectivity index (χ4v) is 6.03. The third kappa shape index (κ3) is 9.76. The van der Waals surface area contributed by atoms with Crippen LogP contribution in [-0.2, 0) is 44.4 Å². The molecule has 0 unspecified atom stereocenters. The summed E-state index contributed by atoms with van der Waals surface area (Å²) in [5.41, 5.74) is 0.911. The van der Waals surface area contributed by atoms with Crippen molar-refractivity contribution in [2.24, 2.45) is 0 Å². The fourth-order valence-electron chi connectivity index (χ4n) is 6.03. The van der Waals surface area contributed by atoms with Crippen LogP contribution in [0.4, 0.5) is 0 Å². The van der Waals surface area contributed by atoms with Gasteiger partial charge in [0.05, 0.1) is 33.0 Å². The predicted octanol–water partition coefficient (Wildman–Crippen LogP) is -2.25. The number of aromatic hydroxyl groups is 3. The zero-order valence-electron chi connectivity index (χ0n) is 29.2. The molecule has 14 atom stereocenters. The fraction of sp³-hybridized carbons (Fsp3) is 0.571. The van der Waals surface area contributed by atoms with Crippen molar-refractivity contribution >= 4 is 12.0 Å². The van der Waals surface area contributed by atoms with Crippen LogP contribution in [0.5, 0.6) is 23.0 Å². The smallest absolute Gasteiger partial charge is 0.331 e. The number of hydrogen-bond acceptors (Lipinski definition) is 19. The molecule has 0 aromatic heterocycles. The minimum Gasteiger partial charge on any atom is -0.504 e. The van der Waals surface area contributed by atoms with Gasteiger partial charge in [-0.1, -0.05) is 12.1 Å². The number of hydrogen-bond donors (Lipinski definition) is 10. The van der Waals surface area contributed by atoms with Crippen LogP contribution in [0.15, 0.2) is 42.5 Å². The zero-order chi connectivity index (χ0) is 39.3. The van der Waals surface area contributed by atoms with Gasteiger partial charge < -0.3 is 89.0 Å². The van der Waals surface area contributed by atoms with Gasteiger partial charge in [0.2, 0.25) is 0 Å². The molecule has 0 radical (unpaired) electrons. The van der Waals surface area contributed by atoms with E-state index in [-0.39, 0.29) is 30.1 Å². The first-order valence-electron chi connectivity index (χ1n) is 17.0. The second-order valence-corrected chi connectivity index (χ2v) is 13.0. The van der Waals surface area contributed by atoms with Crippen molar-refractivity contribution in [2.75, 3.05) is 26.9 Å². The van der Waals surface area contributed by atoms with Crippen LogP contribution >= 0.6 is 0 Å². The highest BCUT2D eigenvalue weighted by atomic mass is 16.8. The Kier molecular flexibility index (Phi) is 14.1. The van der Waals surface area contributed by atoms with Crippen molar-refractivity contribution in [1.29, 1.82) is 0 Å². The van der Waals surface area contributed by atoms with Crippen LogP contribution in [0.2, 0.25) is 0 Å². The number of benzene rings is 2. The molecule has 54 heavy (non-hydrogen) atoms. The first kappa shape index (κ1) is 41.5. The summed E-state index contributed by atoms with van der Waals surface area (Å²) >= 11 is 0. The zero-order valence-corrected chi connectivity index (χ0v) is 29.2. The van der Waals surface area contributed by atoms with Gasteiger partial charge in [0, 0.05) is 6.08 Å². The third-order valence-electron chi connectivity index (χ3n) is 9.17. The van der Waals surface area contributed by atoms with Crippen molar-refractivity contribution in [1.82, 2.24) is 0 Å². The van der Waals surface area contributed by atoms with Crippen molar-refractivity contribution in [2.45, 2.75) is 99.4 Å². The molecule has 0 bridgehead atoms. The van der Waals surface area contributed by atoms with Gasteiger partial charge >= 0.3 is 5.97 Å². The molecule has 0 aliphatic carbocycles. The molecular formula is C35H46O19. The van der Waals surface area contributed by atoms with E-state index in [1.165, 1.54) is 44.4 Å². The molecule has 300 valence electrons. The minimum atomic E-state index is -1.85. The molecule has 0 saturated carbocycles. The van der Waals surface area contributed by atoms with E-state index in [0.29, 0.717) is 5.56 Å². The van der Waals surface area contributed by atoms with E-state index >= 15 is 0 Å². The second kappa shape index (κ2) is 18.3. The molecule has 10 N–H and O–H groups in total. The maximum atomic E-state index is 13.3. The normalized spacial score (nSPS) is 35.9. The molecule has 3 heterocycles. The Morgan fingerprint density at radius 1 is 0.778 bits per heavy atom. The summed E-state index contributed by atoms with van der Waals surface area (Å²) in [7, 11) is 1.40. The van der Waals surface area contributed by atoms with E-state index in [4.69, 9.17) is 37.9 Å². The lowest BCUT2D eigenvalue weighted by atomic mass is 9.96. The average Bonchev–Trinajstić information content (AvgIpc) is 3.14. The minimum absolute atomic E-state index is 0.112. The van der Waals surface area contributed by atoms with E-state index < -0.39 is 117 Å². The summed E-state index contributed by atoms with van der Waals surface area (Å²) in [6.45, 7) is 0.313. The summed E-state index contributed by atoms with van der Waals surface area (Å²) in [5, 5.41) is 103. The third-order valence-corrected chi connectivity index (χ3v) is 9.17. The standard InChI is InChI=1S/C35H46O19/c1-15-25(41)27(43)29(45)35(51-15)54-32-30(46)34(48-10-9-17-4-7-22(47-2)20(38)12-17)52-23(14-50-33-28(44)26(42)21(39)13-49-33)31(32)53-24(40)8-5-16-3-6-18(36)19(37)11-16/h3-8,11-12,15,21,23,25-39,41-46H,9-10,13-14H2,1-2H3/t15-,21+,23+,25-,26-,27+,28+,29+,30+,31+,32+,33-,34+,35+/m0/s1. The topological polar surface area (TPSA) is 293 Å². The van der Waals surface area contributed by atoms with Gasteiger partial charge in [0.1, 0.15) is 54.9 Å². The number of rotatable bonds is 13. The van der Waals surface area contributed by atoms with Gasteiger partial charge in [0.15, 0.2) is 48.0 Å². The highest BCUT2D eigenvalue weighted by Gasteiger charge is 2.53. The number of carbonyl (C=O) groups is 1. The first-order chi connectivity index (χ1) is 25.7. The number of esters is 1. The SMILES string of the molecule is COc1ccc(CCO[C@@H]2O[C@H](CO[C@@H]3OC[C@@H](O)[C@H](O)[C@H]3O)[C@@H](OC(=O)C=Cc3ccc(O)c(O)c3)[C@H](O[C@H]3O[C@@H](C)[C@H](O)[C@@H](O)[C@H]3O)[C@H]2O)cc1O. The Hall–Kier alpha value is -3.67. The van der Waals surface area contributed by atoms with Crippen LogP contribution in [-0.4, -0.2) is 170 Å². The molecule has 19 heteroatoms. The summed E-state index contributed by atoms with van der Waals surface area (Å²) in [5.74, 6) is -1.75. The molecule has 0 spiro atoms. The molecular weight excluding hydrogens is 724 g/mol. The van der Waals surface area contributed by atoms with Gasteiger partial charge in [-0.2, -0.15) is 0 Å². The average molecular weight is 771 g/mol. The molecule has 2 aromatic carbocycles. The number of phenols is 3. The summed E-state index contributed by atoms with van der Waals surface area (Å²) < 4.78 is 45.3. The van der Waals surface area contributed by atoms with Crippen LogP contribution in [0.1, 0.15) is 18.1 Å². The number of carbonyl (C=O) groups excluding carboxylic acids is 1. The summed E-state index contributed by atoms with van der Waals surface area (Å²) in [4.78, 5) is 13.3. The van der Waals surface area contributed by atoms with Crippen LogP contribution in [0, 0.1) is 0 Å². The van der Waals surface area contributed by atoms with Crippen molar-refractivity contribution in [3.05, 3.63) is 53.6 Å². The van der Waals surface area contributed by atoms with Gasteiger partial charge in [-0.05, 0) is 54.8 Å². The maximum absolute atomic E-state index is 13.3. The van der Waals surface area contributed by atoms with Crippen LogP contribution < -0.4 is 4.74 Å². The molecule has 0 amide bonds. The highest BCUT2D eigenvalue weighted by molar-refractivity contribution is 5.87. The van der Waals surface area contributed by atoms with Crippen molar-refractivity contribution in [3.63, 3.8) is 0 Å². The highest BCUT2D eigenvalue weighted by Crippen LogP contribution is 2.33. The number of aliphatic hydroxyl groups is 7. The van der Waals surface area contributed by atoms with E-state index in [1.54, 1.807) is 12.1 Å². The molecule has 3 fully saturated rings. The van der Waals surface area contributed by atoms with E-state index in [2.05, 4.69) is 0 Å². The van der Waals surface area contributed by atoms with Crippen LogP contribution in [0.3, 0.4) is 0 Å². The maximum Gasteiger partial charge on any atom is 0.331 e. The number of ether oxygens (including phenoxy) is 8. The monoisotopic (exact) mass is 770 g/mol. The van der Waals surface area contributed by atoms with E-state index in [1.807, 2.05) is 0 Å². The molecule has 2 aromatic rings. The Bertz CT molecular complexity index is 1570. The van der Waals surface area contributed by atoms with Gasteiger partial charge in [-0.15, -0.1) is 0 Å². The van der Waals surface area contributed by atoms with Crippen molar-refractivity contribution in [3.8, 4) is 23.0 Å². The Morgan fingerprint density at radius 3 is 2.22 bits per heavy atom. The lowest BCUT2D eigenvalue weighted by Crippen LogP contribution is -2.65. The lowest BCUT2D eigenvalue weighted by molar-refractivity contribution is -0.362. The lowest BCUT2D eigenvalue weighted by Gasteiger charge is -2.47. The largest absolute Gasteiger partial charge is 0.504 e. The van der Waals surface area contributed by atoms with E-state index in [0.717, 1.165) is 6.08 Å². The van der Waals surface area contributed by atoms with Crippen LogP contribution in [0.25, 0.3) is 6.08 Å². The number of methoxy groups -OCH3 is 1. The van der Waals surface area contributed by atoms with Gasteiger partial charge in [-0.25, -0.2) is 4.79 Å². The quantitative estimate of drug-likeness (QED) is 0.0585. The second-order valence-electron chi connectivity index (χ2n) is 13.0.